The lowest BCUT2D eigenvalue weighted by molar-refractivity contribution is -0.461. The molecule has 0 radical (unpaired) electrons. The molecule has 0 fully saturated rings. The number of halogens is 18. The van der Waals surface area contributed by atoms with Gasteiger partial charge in [0, 0.05) is 0 Å². The molecule has 33 heavy (non-hydrogen) atoms. The van der Waals surface area contributed by atoms with Crippen molar-refractivity contribution in [2.24, 2.45) is 0 Å². The van der Waals surface area contributed by atoms with Crippen LogP contribution in [0.3, 0.4) is 0 Å². The highest BCUT2D eigenvalue weighted by Crippen LogP contribution is 2.64. The normalized spacial score (nSPS) is 15.5. The number of alkyl halides is 17. The van der Waals surface area contributed by atoms with E-state index in [1.165, 1.54) is 0 Å². The van der Waals surface area contributed by atoms with Gasteiger partial charge in [0.1, 0.15) is 0 Å². The van der Waals surface area contributed by atoms with Crippen LogP contribution >= 0.6 is 0 Å². The number of carbonyl (C=O) groups is 1. The summed E-state index contributed by atoms with van der Waals surface area (Å²) in [6.07, 6.45) is -10.8. The van der Waals surface area contributed by atoms with Crippen molar-refractivity contribution in [1.82, 2.24) is 0 Å². The average Bonchev–Trinajstić information content (AvgIpc) is 2.59. The van der Waals surface area contributed by atoms with Crippen molar-refractivity contribution in [3.05, 3.63) is 12.4 Å². The fourth-order valence-corrected chi connectivity index (χ4v) is 1.70. The molecule has 0 atom stereocenters. The lowest BCUT2D eigenvalue weighted by atomic mass is 9.88. The van der Waals surface area contributed by atoms with Crippen molar-refractivity contribution in [2.75, 3.05) is 6.61 Å². The second-order valence-corrected chi connectivity index (χ2v) is 5.94. The number of hydrogen-bond acceptors (Lipinski definition) is 2. The van der Waals surface area contributed by atoms with E-state index in [0.717, 1.165) is 0 Å². The van der Waals surface area contributed by atoms with E-state index in [1.807, 2.05) is 0 Å². The third kappa shape index (κ3) is 4.52. The van der Waals surface area contributed by atoms with E-state index < -0.39 is 72.5 Å². The summed E-state index contributed by atoms with van der Waals surface area (Å²) in [5.41, 5.74) is 0. The van der Waals surface area contributed by atoms with Gasteiger partial charge in [-0.15, -0.1) is 0 Å². The van der Waals surface area contributed by atoms with Crippen LogP contribution in [0.1, 0.15) is 6.42 Å². The summed E-state index contributed by atoms with van der Waals surface area (Å²) in [7, 11) is 0. The molecule has 0 aliphatic heterocycles. The molecule has 0 saturated carbocycles. The predicted molar refractivity (Wildman–Crippen MR) is 66.5 cm³/mol. The summed E-state index contributed by atoms with van der Waals surface area (Å²) in [6, 6.07) is 0. The Morgan fingerprint density at radius 2 is 0.879 bits per heavy atom. The first-order valence-electron chi connectivity index (χ1n) is 7.31. The van der Waals surface area contributed by atoms with Crippen molar-refractivity contribution in [3.63, 3.8) is 0 Å². The van der Waals surface area contributed by atoms with Gasteiger partial charge in [0.15, 0.2) is 0 Å². The number of esters is 1. The van der Waals surface area contributed by atoms with Crippen molar-refractivity contribution in [2.45, 2.75) is 54.1 Å². The highest BCUT2D eigenvalue weighted by Gasteiger charge is 2.95. The van der Waals surface area contributed by atoms with Crippen LogP contribution in [0.2, 0.25) is 0 Å². The molecule has 0 aromatic carbocycles. The Balaban J connectivity index is 6.36. The molecule has 0 amide bonds. The van der Waals surface area contributed by atoms with Crippen molar-refractivity contribution in [3.8, 4) is 0 Å². The summed E-state index contributed by atoms with van der Waals surface area (Å²) in [4.78, 5) is 10.5. The zero-order valence-corrected chi connectivity index (χ0v) is 14.7. The van der Waals surface area contributed by atoms with Gasteiger partial charge < -0.3 is 4.74 Å². The molecule has 0 aliphatic carbocycles. The second kappa shape index (κ2) is 8.31. The van der Waals surface area contributed by atoms with Gasteiger partial charge in [-0.2, -0.15) is 79.0 Å². The molecule has 20 heteroatoms. The standard InChI is InChI=1S/C13H6F18O2/c1-4(14)5(32)33-3-2-6(15,16)7(17,18)8(19,20)9(21,22)10(23,24)11(25,26)12(27,28)13(29,30)31/h1-3H2. The zero-order valence-electron chi connectivity index (χ0n) is 14.7. The van der Waals surface area contributed by atoms with E-state index in [1.54, 1.807) is 0 Å². The van der Waals surface area contributed by atoms with Crippen molar-refractivity contribution >= 4 is 5.97 Å². The molecule has 0 unspecified atom stereocenters. The summed E-state index contributed by atoms with van der Waals surface area (Å²) >= 11 is 0. The Hall–Kier alpha value is -2.05. The van der Waals surface area contributed by atoms with Gasteiger partial charge >= 0.3 is 53.6 Å². The van der Waals surface area contributed by atoms with Crippen LogP contribution in [0.5, 0.6) is 0 Å². The van der Waals surface area contributed by atoms with E-state index in [4.69, 9.17) is 0 Å². The monoisotopic (exact) mass is 536 g/mol. The maximum Gasteiger partial charge on any atom is 0.460 e. The molecule has 0 aromatic rings. The first-order valence-corrected chi connectivity index (χ1v) is 7.31. The Morgan fingerprint density at radius 1 is 0.576 bits per heavy atom. The van der Waals surface area contributed by atoms with E-state index in [0.29, 0.717) is 0 Å². The van der Waals surface area contributed by atoms with Crippen LogP contribution in [-0.4, -0.2) is 60.2 Å². The van der Waals surface area contributed by atoms with Crippen LogP contribution in [0.4, 0.5) is 79.0 Å². The lowest BCUT2D eigenvalue weighted by Crippen LogP contribution is -2.74. The first-order chi connectivity index (χ1) is 14.1. The van der Waals surface area contributed by atoms with Gasteiger partial charge in [-0.25, -0.2) is 4.79 Å². The number of carbonyl (C=O) groups excluding carboxylic acids is 1. The summed E-state index contributed by atoms with van der Waals surface area (Å²) in [5.74, 6) is -61.6. The van der Waals surface area contributed by atoms with Crippen molar-refractivity contribution < 1.29 is 88.6 Å². The van der Waals surface area contributed by atoms with Gasteiger partial charge in [-0.1, -0.05) is 6.58 Å². The van der Waals surface area contributed by atoms with Crippen LogP contribution < -0.4 is 0 Å². The smallest absolute Gasteiger partial charge is 0.460 e. The fraction of sp³-hybridized carbons (Fsp3) is 0.769. The Labute approximate surface area is 169 Å². The molecule has 0 N–H and O–H groups in total. The van der Waals surface area contributed by atoms with E-state index in [2.05, 4.69) is 11.3 Å². The van der Waals surface area contributed by atoms with Crippen LogP contribution in [-0.2, 0) is 9.53 Å². The quantitative estimate of drug-likeness (QED) is 0.183. The third-order valence-electron chi connectivity index (χ3n) is 3.66. The van der Waals surface area contributed by atoms with E-state index in [9.17, 15) is 83.8 Å². The highest BCUT2D eigenvalue weighted by molar-refractivity contribution is 5.85. The van der Waals surface area contributed by atoms with Crippen molar-refractivity contribution in [1.29, 1.82) is 0 Å². The number of rotatable bonds is 10. The van der Waals surface area contributed by atoms with E-state index in [-0.39, 0.29) is 0 Å². The predicted octanol–water partition coefficient (Wildman–Crippen LogP) is 6.41. The molecule has 0 bridgehead atoms. The zero-order chi connectivity index (χ0) is 27.3. The second-order valence-electron chi connectivity index (χ2n) is 5.94. The minimum Gasteiger partial charge on any atom is -0.460 e. The third-order valence-corrected chi connectivity index (χ3v) is 3.66. The number of ether oxygens (including phenoxy) is 1. The maximum absolute atomic E-state index is 13.4. The SMILES string of the molecule is C=C(F)C(=O)OCCC(F)(F)C(F)(F)C(F)(F)C(F)(F)C(F)(F)C(F)(F)C(F)(F)C(F)(F)F. The molecule has 0 saturated heterocycles. The molecule has 0 heterocycles. The molecule has 2 nitrogen and oxygen atoms in total. The van der Waals surface area contributed by atoms with Crippen LogP contribution in [0, 0.1) is 0 Å². The van der Waals surface area contributed by atoms with E-state index >= 15 is 0 Å². The van der Waals surface area contributed by atoms with Gasteiger partial charge in [0.2, 0.25) is 5.83 Å². The molecular formula is C13H6F18O2. The first kappa shape index (κ1) is 30.9. The topological polar surface area (TPSA) is 26.3 Å². The maximum atomic E-state index is 13.4. The van der Waals surface area contributed by atoms with Crippen LogP contribution in [0.25, 0.3) is 0 Å². The van der Waals surface area contributed by atoms with Gasteiger partial charge in [0.05, 0.1) is 13.0 Å². The minimum atomic E-state index is -8.72. The summed E-state index contributed by atoms with van der Waals surface area (Å²) < 4.78 is 236. The molecule has 196 valence electrons. The Morgan fingerprint density at radius 3 is 1.18 bits per heavy atom. The largest absolute Gasteiger partial charge is 0.460 e. The molecule has 0 spiro atoms. The van der Waals surface area contributed by atoms with Gasteiger partial charge in [0.25, 0.3) is 0 Å². The molecule has 0 rings (SSSR count). The summed E-state index contributed by atoms with van der Waals surface area (Å²) in [6.45, 7) is -0.0457. The molecular weight excluding hydrogens is 530 g/mol. The molecule has 0 aromatic heterocycles. The Kier molecular flexibility index (Phi) is 7.80. The highest BCUT2D eigenvalue weighted by atomic mass is 19.4. The lowest BCUT2D eigenvalue weighted by Gasteiger charge is -2.42. The fourth-order valence-electron chi connectivity index (χ4n) is 1.70. The van der Waals surface area contributed by atoms with Gasteiger partial charge in [-0.05, 0) is 0 Å². The number of hydrogen-bond donors (Lipinski definition) is 0. The van der Waals surface area contributed by atoms with Gasteiger partial charge in [-0.3, -0.25) is 0 Å². The minimum absolute atomic E-state index is 2.09. The van der Waals surface area contributed by atoms with Crippen LogP contribution in [0.15, 0.2) is 12.4 Å². The Bertz CT molecular complexity index is 749. The summed E-state index contributed by atoms with van der Waals surface area (Å²) in [5, 5.41) is 0. The average molecular weight is 536 g/mol. The molecule has 0 aliphatic rings.